The highest BCUT2D eigenvalue weighted by Gasteiger charge is 2.20. The summed E-state index contributed by atoms with van der Waals surface area (Å²) < 4.78 is 0. The zero-order valence-corrected chi connectivity index (χ0v) is 8.05. The van der Waals surface area contributed by atoms with Gasteiger partial charge in [0.05, 0.1) is 0 Å². The van der Waals surface area contributed by atoms with Crippen LogP contribution in [0.25, 0.3) is 0 Å². The molecule has 0 saturated heterocycles. The first-order chi connectivity index (χ1) is 5.86. The van der Waals surface area contributed by atoms with E-state index in [9.17, 15) is 0 Å². The van der Waals surface area contributed by atoms with E-state index in [-0.39, 0.29) is 0 Å². The molecule has 0 aromatic rings. The van der Waals surface area contributed by atoms with Crippen molar-refractivity contribution in [2.24, 2.45) is 11.8 Å². The van der Waals surface area contributed by atoms with Gasteiger partial charge in [0.1, 0.15) is 0 Å². The molecule has 0 aromatic carbocycles. The molecule has 0 spiro atoms. The van der Waals surface area contributed by atoms with Crippen LogP contribution in [0, 0.1) is 11.8 Å². The summed E-state index contributed by atoms with van der Waals surface area (Å²) in [5.41, 5.74) is 0. The summed E-state index contributed by atoms with van der Waals surface area (Å²) in [4.78, 5) is 0. The normalized spacial score (nSPS) is 19.5. The minimum absolute atomic E-state index is 0.337. The molecule has 1 atom stereocenters. The van der Waals surface area contributed by atoms with Crippen LogP contribution >= 0.6 is 0 Å². The van der Waals surface area contributed by atoms with Crippen LogP contribution in [0.2, 0.25) is 0 Å². The first kappa shape index (κ1) is 10.0. The Bertz CT molecular complexity index is 112. The van der Waals surface area contributed by atoms with Gasteiger partial charge >= 0.3 is 0 Å². The number of nitrogens with one attached hydrogen (secondary N) is 1. The number of hydrogen-bond donors (Lipinski definition) is 2. The van der Waals surface area contributed by atoms with Crippen molar-refractivity contribution in [1.82, 2.24) is 5.32 Å². The number of hydrogen-bond acceptors (Lipinski definition) is 2. The first-order valence-corrected chi connectivity index (χ1v) is 5.18. The van der Waals surface area contributed by atoms with E-state index in [2.05, 4.69) is 12.2 Å². The molecule has 0 aromatic heterocycles. The largest absolute Gasteiger partial charge is 0.396 e. The molecule has 1 rings (SSSR count). The lowest BCUT2D eigenvalue weighted by molar-refractivity contribution is 0.251. The first-order valence-electron chi connectivity index (χ1n) is 5.18. The molecule has 0 bridgehead atoms. The van der Waals surface area contributed by atoms with Crippen LogP contribution < -0.4 is 5.32 Å². The van der Waals surface area contributed by atoms with Crippen LogP contribution in [-0.2, 0) is 0 Å². The van der Waals surface area contributed by atoms with E-state index in [4.69, 9.17) is 5.11 Å². The fourth-order valence-electron chi connectivity index (χ4n) is 1.45. The number of aliphatic hydroxyl groups excluding tert-OH is 1. The summed E-state index contributed by atoms with van der Waals surface area (Å²) in [6.07, 6.45) is 4.97. The third kappa shape index (κ3) is 4.07. The van der Waals surface area contributed by atoms with Gasteiger partial charge in [0.25, 0.3) is 0 Å². The van der Waals surface area contributed by atoms with E-state index < -0.39 is 0 Å². The maximum Gasteiger partial charge on any atom is 0.0434 e. The average molecular weight is 171 g/mol. The van der Waals surface area contributed by atoms with Crippen LogP contribution in [0.5, 0.6) is 0 Å². The van der Waals surface area contributed by atoms with Crippen molar-refractivity contribution < 1.29 is 5.11 Å². The summed E-state index contributed by atoms with van der Waals surface area (Å²) in [5.74, 6) is 1.64. The molecule has 0 amide bonds. The molecule has 2 heteroatoms. The molecule has 1 aliphatic carbocycles. The molecular formula is C10H21NO. The van der Waals surface area contributed by atoms with Gasteiger partial charge < -0.3 is 10.4 Å². The summed E-state index contributed by atoms with van der Waals surface area (Å²) in [5, 5.41) is 12.2. The van der Waals surface area contributed by atoms with Gasteiger partial charge in [0, 0.05) is 6.61 Å². The molecular weight excluding hydrogens is 150 g/mol. The van der Waals surface area contributed by atoms with Crippen molar-refractivity contribution >= 4 is 0 Å². The van der Waals surface area contributed by atoms with Crippen LogP contribution in [0.1, 0.15) is 32.6 Å². The van der Waals surface area contributed by atoms with Gasteiger partial charge in [0.2, 0.25) is 0 Å². The quantitative estimate of drug-likeness (QED) is 0.607. The lowest BCUT2D eigenvalue weighted by Gasteiger charge is -2.13. The highest BCUT2D eigenvalue weighted by Crippen LogP contribution is 2.27. The van der Waals surface area contributed by atoms with E-state index in [1.165, 1.54) is 25.8 Å². The highest BCUT2D eigenvalue weighted by molar-refractivity contribution is 4.75. The molecule has 12 heavy (non-hydrogen) atoms. The van der Waals surface area contributed by atoms with Crippen molar-refractivity contribution in [3.8, 4) is 0 Å². The lowest BCUT2D eigenvalue weighted by atomic mass is 10.0. The third-order valence-electron chi connectivity index (χ3n) is 2.68. The second kappa shape index (κ2) is 5.55. The van der Waals surface area contributed by atoms with E-state index in [1.54, 1.807) is 0 Å². The van der Waals surface area contributed by atoms with Gasteiger partial charge in [-0.05, 0) is 44.2 Å². The zero-order valence-electron chi connectivity index (χ0n) is 8.05. The van der Waals surface area contributed by atoms with E-state index >= 15 is 0 Å². The molecule has 0 aliphatic heterocycles. The van der Waals surface area contributed by atoms with Gasteiger partial charge in [-0.2, -0.15) is 0 Å². The maximum atomic E-state index is 8.76. The monoisotopic (exact) mass is 171 g/mol. The Hall–Kier alpha value is -0.0800. The Morgan fingerprint density at radius 3 is 2.75 bits per heavy atom. The molecule has 1 unspecified atom stereocenters. The fraction of sp³-hybridized carbons (Fsp3) is 1.00. The molecule has 72 valence electrons. The van der Waals surface area contributed by atoms with Crippen molar-refractivity contribution in [2.45, 2.75) is 32.6 Å². The number of aliphatic hydroxyl groups is 1. The molecule has 2 nitrogen and oxygen atoms in total. The Balaban J connectivity index is 1.93. The second-order valence-electron chi connectivity index (χ2n) is 3.89. The van der Waals surface area contributed by atoms with Gasteiger partial charge in [-0.1, -0.05) is 13.3 Å². The minimum Gasteiger partial charge on any atom is -0.396 e. The highest BCUT2D eigenvalue weighted by atomic mass is 16.3. The van der Waals surface area contributed by atoms with Crippen LogP contribution in [0.3, 0.4) is 0 Å². The molecule has 1 aliphatic rings. The van der Waals surface area contributed by atoms with E-state index in [0.717, 1.165) is 18.9 Å². The van der Waals surface area contributed by atoms with Crippen molar-refractivity contribution in [2.75, 3.05) is 19.7 Å². The smallest absolute Gasteiger partial charge is 0.0434 e. The Kier molecular flexibility index (Phi) is 4.62. The van der Waals surface area contributed by atoms with Crippen molar-refractivity contribution in [1.29, 1.82) is 0 Å². The molecule has 0 heterocycles. The van der Waals surface area contributed by atoms with Gasteiger partial charge in [-0.3, -0.25) is 0 Å². The lowest BCUT2D eigenvalue weighted by Crippen LogP contribution is -2.25. The second-order valence-corrected chi connectivity index (χ2v) is 3.89. The standard InChI is InChI=1S/C10H21NO/c1-2-9(5-6-12)7-11-8-10-3-4-10/h9-12H,2-8H2,1H3. The Morgan fingerprint density at radius 1 is 1.50 bits per heavy atom. The van der Waals surface area contributed by atoms with E-state index in [1.807, 2.05) is 0 Å². The molecule has 0 radical (unpaired) electrons. The van der Waals surface area contributed by atoms with Crippen LogP contribution in [-0.4, -0.2) is 24.8 Å². The number of rotatable bonds is 7. The van der Waals surface area contributed by atoms with Crippen LogP contribution in [0.4, 0.5) is 0 Å². The Labute approximate surface area is 75.4 Å². The summed E-state index contributed by atoms with van der Waals surface area (Å²) in [7, 11) is 0. The SMILES string of the molecule is CCC(CCO)CNCC1CC1. The predicted molar refractivity (Wildman–Crippen MR) is 51.1 cm³/mol. The van der Waals surface area contributed by atoms with Gasteiger partial charge in [-0.25, -0.2) is 0 Å². The topological polar surface area (TPSA) is 32.3 Å². The average Bonchev–Trinajstić information content (AvgIpc) is 2.87. The third-order valence-corrected chi connectivity index (χ3v) is 2.68. The van der Waals surface area contributed by atoms with Crippen LogP contribution in [0.15, 0.2) is 0 Å². The predicted octanol–water partition coefficient (Wildman–Crippen LogP) is 1.39. The van der Waals surface area contributed by atoms with Crippen molar-refractivity contribution in [3.05, 3.63) is 0 Å². The summed E-state index contributed by atoms with van der Waals surface area (Å²) >= 11 is 0. The molecule has 2 N–H and O–H groups in total. The fourth-order valence-corrected chi connectivity index (χ4v) is 1.45. The maximum absolute atomic E-state index is 8.76. The van der Waals surface area contributed by atoms with Gasteiger partial charge in [-0.15, -0.1) is 0 Å². The molecule has 1 fully saturated rings. The summed E-state index contributed by atoms with van der Waals surface area (Å²) in [6.45, 7) is 4.82. The Morgan fingerprint density at radius 2 is 2.25 bits per heavy atom. The summed E-state index contributed by atoms with van der Waals surface area (Å²) in [6, 6.07) is 0. The molecule has 1 saturated carbocycles. The minimum atomic E-state index is 0.337. The zero-order chi connectivity index (χ0) is 8.81. The van der Waals surface area contributed by atoms with Gasteiger partial charge in [0.15, 0.2) is 0 Å². The van der Waals surface area contributed by atoms with Crippen molar-refractivity contribution in [3.63, 3.8) is 0 Å². The van der Waals surface area contributed by atoms with E-state index in [0.29, 0.717) is 12.5 Å².